The Morgan fingerprint density at radius 3 is 0.889 bits per heavy atom. The maximum Gasteiger partial charge on any atom is 0.227 e. The predicted molar refractivity (Wildman–Crippen MR) is 216 cm³/mol. The van der Waals surface area contributed by atoms with E-state index in [1.54, 1.807) is 0 Å². The number of hydrogen-bond acceptors (Lipinski definition) is 6. The highest BCUT2D eigenvalue weighted by Crippen LogP contribution is 2.39. The summed E-state index contributed by atoms with van der Waals surface area (Å²) < 4.78 is 18.4. The predicted octanol–water partition coefficient (Wildman–Crippen LogP) is 13.0. The van der Waals surface area contributed by atoms with Crippen molar-refractivity contribution in [3.63, 3.8) is 0 Å². The smallest absolute Gasteiger partial charge is 0.227 e. The zero-order chi connectivity index (χ0) is 36.3. The standard InChI is InChI=1S/C48H33N3O3/c1-28-22-31(46-49-40-10-4-7-13-43(40)52-46)16-19-37(28)34-25-35(38-20-17-32(23-29(38)2)47-50-41-11-5-8-14-44(41)53-47)27-36(26-34)39-21-18-33(24-30(39)3)48-51-42-12-6-9-15-45(42)54-48/h4-27H,1-3H3. The maximum absolute atomic E-state index is 6.12. The van der Waals surface area contributed by atoms with E-state index in [4.69, 9.17) is 28.2 Å². The summed E-state index contributed by atoms with van der Waals surface area (Å²) in [6, 6.07) is 49.7. The summed E-state index contributed by atoms with van der Waals surface area (Å²) in [6.07, 6.45) is 0. The van der Waals surface area contributed by atoms with E-state index in [0.29, 0.717) is 17.7 Å². The van der Waals surface area contributed by atoms with Crippen LogP contribution < -0.4 is 0 Å². The quantitative estimate of drug-likeness (QED) is 0.172. The van der Waals surface area contributed by atoms with Crippen LogP contribution in [0.3, 0.4) is 0 Å². The van der Waals surface area contributed by atoms with E-state index in [1.165, 1.54) is 0 Å². The van der Waals surface area contributed by atoms with Crippen molar-refractivity contribution < 1.29 is 13.3 Å². The molecule has 0 saturated heterocycles. The Hall–Kier alpha value is -7.05. The van der Waals surface area contributed by atoms with Crippen molar-refractivity contribution >= 4 is 33.3 Å². The number of rotatable bonds is 6. The molecule has 0 aliphatic rings. The van der Waals surface area contributed by atoms with Gasteiger partial charge in [0.15, 0.2) is 16.7 Å². The van der Waals surface area contributed by atoms with Crippen LogP contribution in [0.2, 0.25) is 0 Å². The summed E-state index contributed by atoms with van der Waals surface area (Å²) in [5.41, 5.74) is 17.9. The molecule has 0 spiro atoms. The van der Waals surface area contributed by atoms with E-state index in [2.05, 4.69) is 93.6 Å². The van der Waals surface area contributed by atoms with Crippen molar-refractivity contribution in [1.29, 1.82) is 0 Å². The van der Waals surface area contributed by atoms with Gasteiger partial charge in [0.1, 0.15) is 16.6 Å². The van der Waals surface area contributed by atoms with E-state index in [9.17, 15) is 0 Å². The highest BCUT2D eigenvalue weighted by molar-refractivity contribution is 5.87. The second-order valence-corrected chi connectivity index (χ2v) is 13.8. The molecule has 0 fully saturated rings. The molecule has 3 heterocycles. The second-order valence-electron chi connectivity index (χ2n) is 13.8. The molecule has 10 rings (SSSR count). The van der Waals surface area contributed by atoms with Crippen molar-refractivity contribution in [1.82, 2.24) is 15.0 Å². The van der Waals surface area contributed by atoms with Crippen molar-refractivity contribution in [2.45, 2.75) is 20.8 Å². The third kappa shape index (κ3) is 5.56. The molecule has 0 N–H and O–H groups in total. The van der Waals surface area contributed by atoms with Crippen LogP contribution in [0.1, 0.15) is 16.7 Å². The van der Waals surface area contributed by atoms with Crippen LogP contribution in [0.5, 0.6) is 0 Å². The van der Waals surface area contributed by atoms with Crippen molar-refractivity contribution in [2.75, 3.05) is 0 Å². The number of nitrogens with zero attached hydrogens (tertiary/aromatic N) is 3. The van der Waals surface area contributed by atoms with Gasteiger partial charge in [-0.25, -0.2) is 15.0 Å². The summed E-state index contributed by atoms with van der Waals surface area (Å²) in [5.74, 6) is 1.85. The van der Waals surface area contributed by atoms with Gasteiger partial charge < -0.3 is 13.3 Å². The van der Waals surface area contributed by atoms with Crippen molar-refractivity contribution in [2.24, 2.45) is 0 Å². The molecular weight excluding hydrogens is 667 g/mol. The summed E-state index contributed by atoms with van der Waals surface area (Å²) >= 11 is 0. The van der Waals surface area contributed by atoms with Crippen LogP contribution >= 0.6 is 0 Å². The molecule has 6 heteroatoms. The van der Waals surface area contributed by atoms with Crippen molar-refractivity contribution in [3.8, 4) is 67.7 Å². The van der Waals surface area contributed by atoms with E-state index >= 15 is 0 Å². The SMILES string of the molecule is Cc1cc(-c2nc3ccccc3o2)ccc1-c1cc(-c2ccc(-c3nc4ccccc4o3)cc2C)cc(-c2ccc(-c3nc4ccccc4o3)cc2C)c1. The Balaban J connectivity index is 1.08. The van der Waals surface area contributed by atoms with Gasteiger partial charge >= 0.3 is 0 Å². The van der Waals surface area contributed by atoms with Gasteiger partial charge in [0.05, 0.1) is 0 Å². The molecule has 0 amide bonds. The van der Waals surface area contributed by atoms with Gasteiger partial charge in [-0.2, -0.15) is 0 Å². The zero-order valence-corrected chi connectivity index (χ0v) is 29.9. The van der Waals surface area contributed by atoms with E-state index in [1.807, 2.05) is 72.8 Å². The normalized spacial score (nSPS) is 11.6. The van der Waals surface area contributed by atoms with Gasteiger partial charge in [-0.3, -0.25) is 0 Å². The molecular formula is C48H33N3O3. The van der Waals surface area contributed by atoms with Crippen LogP contribution in [0.4, 0.5) is 0 Å². The molecule has 6 nitrogen and oxygen atoms in total. The van der Waals surface area contributed by atoms with E-state index < -0.39 is 0 Å². The number of aromatic nitrogens is 3. The number of fused-ring (bicyclic) bond motifs is 3. The minimum Gasteiger partial charge on any atom is -0.436 e. The third-order valence-corrected chi connectivity index (χ3v) is 10.2. The van der Waals surface area contributed by atoms with Crippen molar-refractivity contribution in [3.05, 3.63) is 162 Å². The molecule has 7 aromatic carbocycles. The van der Waals surface area contributed by atoms with Gasteiger partial charge in [0, 0.05) is 16.7 Å². The van der Waals surface area contributed by atoms with Gasteiger partial charge in [-0.1, -0.05) is 54.6 Å². The van der Waals surface area contributed by atoms with E-state index in [-0.39, 0.29) is 0 Å². The Kier molecular flexibility index (Phi) is 7.37. The maximum atomic E-state index is 6.12. The molecule has 0 aliphatic carbocycles. The molecule has 54 heavy (non-hydrogen) atoms. The molecule has 0 aliphatic heterocycles. The van der Waals surface area contributed by atoms with Crippen LogP contribution in [0, 0.1) is 20.8 Å². The number of benzene rings is 7. The van der Waals surface area contributed by atoms with Gasteiger partial charge in [-0.05, 0) is 162 Å². The Morgan fingerprint density at radius 2 is 0.611 bits per heavy atom. The fourth-order valence-corrected chi connectivity index (χ4v) is 7.44. The monoisotopic (exact) mass is 699 g/mol. The summed E-state index contributed by atoms with van der Waals surface area (Å²) in [5, 5.41) is 0. The lowest BCUT2D eigenvalue weighted by Crippen LogP contribution is -1.92. The topological polar surface area (TPSA) is 78.1 Å². The zero-order valence-electron chi connectivity index (χ0n) is 29.9. The number of para-hydroxylation sites is 6. The summed E-state index contributed by atoms with van der Waals surface area (Å²) in [6.45, 7) is 6.44. The first-order chi connectivity index (χ1) is 26.4. The van der Waals surface area contributed by atoms with Gasteiger partial charge in [0.25, 0.3) is 0 Å². The third-order valence-electron chi connectivity index (χ3n) is 10.2. The van der Waals surface area contributed by atoms with Crippen LogP contribution in [-0.4, -0.2) is 15.0 Å². The first-order valence-electron chi connectivity index (χ1n) is 18.0. The number of oxazole rings is 3. The van der Waals surface area contributed by atoms with Gasteiger partial charge in [0.2, 0.25) is 17.7 Å². The Labute approximate surface area is 311 Å². The Bertz CT molecular complexity index is 2620. The molecule has 0 bridgehead atoms. The molecule has 3 aromatic heterocycles. The molecule has 0 atom stereocenters. The molecule has 0 radical (unpaired) electrons. The lowest BCUT2D eigenvalue weighted by Gasteiger charge is -2.16. The highest BCUT2D eigenvalue weighted by Gasteiger charge is 2.17. The van der Waals surface area contributed by atoms with E-state index in [0.717, 1.165) is 100 Å². The fourth-order valence-electron chi connectivity index (χ4n) is 7.44. The van der Waals surface area contributed by atoms with Crippen LogP contribution in [0.25, 0.3) is 101 Å². The minimum atomic E-state index is 0.615. The van der Waals surface area contributed by atoms with Crippen LogP contribution in [0.15, 0.2) is 159 Å². The molecule has 0 saturated carbocycles. The molecule has 0 unspecified atom stereocenters. The first kappa shape index (κ1) is 31.7. The Morgan fingerprint density at radius 1 is 0.315 bits per heavy atom. The van der Waals surface area contributed by atoms with Gasteiger partial charge in [-0.15, -0.1) is 0 Å². The summed E-state index contributed by atoms with van der Waals surface area (Å²) in [4.78, 5) is 14.2. The average Bonchev–Trinajstić information content (AvgIpc) is 3.95. The average molecular weight is 700 g/mol. The highest BCUT2D eigenvalue weighted by atomic mass is 16.4. The lowest BCUT2D eigenvalue weighted by molar-refractivity contribution is 0.619. The molecule has 258 valence electrons. The minimum absolute atomic E-state index is 0.615. The summed E-state index contributed by atoms with van der Waals surface area (Å²) in [7, 11) is 0. The largest absolute Gasteiger partial charge is 0.436 e. The second kappa shape index (κ2) is 12.6. The van der Waals surface area contributed by atoms with Crippen LogP contribution in [-0.2, 0) is 0 Å². The number of hydrogen-bond donors (Lipinski definition) is 0. The molecule has 10 aromatic rings. The first-order valence-corrected chi connectivity index (χ1v) is 18.0. The lowest BCUT2D eigenvalue weighted by atomic mass is 9.88. The number of aryl methyl sites for hydroxylation is 3. The fraction of sp³-hybridized carbons (Fsp3) is 0.0625.